The number of fused-ring (bicyclic) bond motifs is 1. The molecule has 5 nitrogen and oxygen atoms in total. The van der Waals surface area contributed by atoms with Crippen LogP contribution >= 0.6 is 11.3 Å². The molecular formula is C18H12N2O3S. The van der Waals surface area contributed by atoms with Gasteiger partial charge < -0.3 is 9.73 Å². The molecule has 2 N–H and O–H groups in total. The number of aromatic nitrogens is 1. The van der Waals surface area contributed by atoms with Crippen LogP contribution in [0.15, 0.2) is 69.2 Å². The molecule has 0 fully saturated rings. The Morgan fingerprint density at radius 3 is 2.75 bits per heavy atom. The highest BCUT2D eigenvalue weighted by Crippen LogP contribution is 2.29. The Hall–Kier alpha value is -3.12. The van der Waals surface area contributed by atoms with Gasteiger partial charge in [0, 0.05) is 11.3 Å². The fourth-order valence-electron chi connectivity index (χ4n) is 2.55. The van der Waals surface area contributed by atoms with Gasteiger partial charge in [-0.1, -0.05) is 30.3 Å². The molecule has 2 aromatic heterocycles. The van der Waals surface area contributed by atoms with Crippen molar-refractivity contribution >= 4 is 34.0 Å². The first-order valence-corrected chi connectivity index (χ1v) is 8.16. The first kappa shape index (κ1) is 14.5. The molecule has 0 saturated carbocycles. The molecule has 0 aliphatic rings. The number of hydrogen-bond donors (Lipinski definition) is 2. The van der Waals surface area contributed by atoms with E-state index in [0.29, 0.717) is 21.7 Å². The smallest absolute Gasteiger partial charge is 0.408 e. The molecule has 0 atom stereocenters. The summed E-state index contributed by atoms with van der Waals surface area (Å²) in [5.74, 6) is -0.702. The lowest BCUT2D eigenvalue weighted by molar-refractivity contribution is 0.103. The monoisotopic (exact) mass is 336 g/mol. The normalized spacial score (nSPS) is 10.8. The van der Waals surface area contributed by atoms with Gasteiger partial charge in [0.25, 0.3) is 5.91 Å². The highest BCUT2D eigenvalue weighted by molar-refractivity contribution is 7.12. The Kier molecular flexibility index (Phi) is 3.51. The summed E-state index contributed by atoms with van der Waals surface area (Å²) < 4.78 is 4.96. The second-order valence-electron chi connectivity index (χ2n) is 5.21. The van der Waals surface area contributed by atoms with Gasteiger partial charge >= 0.3 is 5.76 Å². The molecule has 4 aromatic rings. The van der Waals surface area contributed by atoms with Crippen LogP contribution in [0.25, 0.3) is 22.2 Å². The summed E-state index contributed by atoms with van der Waals surface area (Å²) >= 11 is 1.39. The van der Waals surface area contributed by atoms with E-state index >= 15 is 0 Å². The molecular weight excluding hydrogens is 324 g/mol. The lowest BCUT2D eigenvalue weighted by Gasteiger charge is -2.06. The summed E-state index contributed by atoms with van der Waals surface area (Å²) in [6, 6.07) is 16.7. The summed E-state index contributed by atoms with van der Waals surface area (Å²) in [5, 5.41) is 4.76. The molecule has 2 heterocycles. The van der Waals surface area contributed by atoms with Crippen LogP contribution in [0.4, 0.5) is 5.69 Å². The first-order valence-electron chi connectivity index (χ1n) is 7.28. The van der Waals surface area contributed by atoms with Gasteiger partial charge in [-0.3, -0.25) is 9.78 Å². The maximum Gasteiger partial charge on any atom is 0.417 e. The molecule has 0 aliphatic carbocycles. The number of H-pyrrole nitrogens is 1. The van der Waals surface area contributed by atoms with E-state index in [1.54, 1.807) is 18.2 Å². The summed E-state index contributed by atoms with van der Waals surface area (Å²) in [6.45, 7) is 0. The van der Waals surface area contributed by atoms with E-state index in [1.807, 2.05) is 41.8 Å². The first-order chi connectivity index (χ1) is 11.7. The summed E-state index contributed by atoms with van der Waals surface area (Å²) in [6.07, 6.45) is 0. The van der Waals surface area contributed by atoms with Gasteiger partial charge in [-0.2, -0.15) is 0 Å². The Morgan fingerprint density at radius 2 is 1.92 bits per heavy atom. The van der Waals surface area contributed by atoms with E-state index in [0.717, 1.165) is 11.1 Å². The van der Waals surface area contributed by atoms with Crippen LogP contribution < -0.4 is 11.1 Å². The van der Waals surface area contributed by atoms with Crippen LogP contribution in [0.5, 0.6) is 0 Å². The predicted octanol–water partition coefficient (Wildman–Crippen LogP) is 4.10. The van der Waals surface area contributed by atoms with Crippen LogP contribution in [0.1, 0.15) is 9.67 Å². The van der Waals surface area contributed by atoms with E-state index in [9.17, 15) is 9.59 Å². The van der Waals surface area contributed by atoms with Crippen molar-refractivity contribution in [2.45, 2.75) is 0 Å². The molecule has 0 aliphatic heterocycles. The summed E-state index contributed by atoms with van der Waals surface area (Å²) in [7, 11) is 0. The Morgan fingerprint density at radius 1 is 1.08 bits per heavy atom. The van der Waals surface area contributed by atoms with Gasteiger partial charge in [0.05, 0.1) is 10.4 Å². The SMILES string of the molecule is O=C(Nc1ccc2oc(=O)[nH]c2c1)c1sccc1-c1ccccc1. The molecule has 0 bridgehead atoms. The van der Waals surface area contributed by atoms with Gasteiger partial charge in [-0.15, -0.1) is 11.3 Å². The van der Waals surface area contributed by atoms with E-state index in [1.165, 1.54) is 11.3 Å². The third-order valence-electron chi connectivity index (χ3n) is 3.63. The van der Waals surface area contributed by atoms with Gasteiger partial charge in [-0.25, -0.2) is 4.79 Å². The van der Waals surface area contributed by atoms with E-state index < -0.39 is 5.76 Å². The molecule has 2 aromatic carbocycles. The predicted molar refractivity (Wildman–Crippen MR) is 94.5 cm³/mol. The number of carbonyl (C=O) groups excluding carboxylic acids is 1. The number of hydrogen-bond acceptors (Lipinski definition) is 4. The second kappa shape index (κ2) is 5.82. The van der Waals surface area contributed by atoms with Gasteiger partial charge in [0.15, 0.2) is 5.58 Å². The molecule has 1 amide bonds. The van der Waals surface area contributed by atoms with Crippen LogP contribution in [0.3, 0.4) is 0 Å². The average Bonchev–Trinajstić information content (AvgIpc) is 3.21. The Bertz CT molecular complexity index is 1080. The third kappa shape index (κ3) is 2.63. The second-order valence-corrected chi connectivity index (χ2v) is 6.13. The largest absolute Gasteiger partial charge is 0.417 e. The van der Waals surface area contributed by atoms with E-state index in [4.69, 9.17) is 4.42 Å². The Balaban J connectivity index is 1.64. The fourth-order valence-corrected chi connectivity index (χ4v) is 3.36. The topological polar surface area (TPSA) is 75.1 Å². The fraction of sp³-hybridized carbons (Fsp3) is 0. The highest BCUT2D eigenvalue weighted by atomic mass is 32.1. The summed E-state index contributed by atoms with van der Waals surface area (Å²) in [5.41, 5.74) is 3.50. The zero-order valence-corrected chi connectivity index (χ0v) is 13.2. The number of oxazole rings is 1. The lowest BCUT2D eigenvalue weighted by atomic mass is 10.1. The molecule has 118 valence electrons. The van der Waals surface area contributed by atoms with Crippen molar-refractivity contribution in [2.75, 3.05) is 5.32 Å². The number of benzene rings is 2. The minimum atomic E-state index is -0.516. The van der Waals surface area contributed by atoms with Crippen molar-refractivity contribution in [1.82, 2.24) is 4.98 Å². The molecule has 24 heavy (non-hydrogen) atoms. The van der Waals surface area contributed by atoms with Gasteiger partial charge in [0.2, 0.25) is 0 Å². The number of rotatable bonds is 3. The van der Waals surface area contributed by atoms with Crippen LogP contribution in [-0.4, -0.2) is 10.9 Å². The zero-order valence-electron chi connectivity index (χ0n) is 12.4. The van der Waals surface area contributed by atoms with Crippen LogP contribution in [0.2, 0.25) is 0 Å². The van der Waals surface area contributed by atoms with Crippen LogP contribution in [-0.2, 0) is 0 Å². The maximum absolute atomic E-state index is 12.6. The van der Waals surface area contributed by atoms with Crippen molar-refractivity contribution in [3.05, 3.63) is 75.4 Å². The number of amides is 1. The number of thiophene rings is 1. The van der Waals surface area contributed by atoms with Crippen molar-refractivity contribution in [1.29, 1.82) is 0 Å². The van der Waals surface area contributed by atoms with Gasteiger partial charge in [0.1, 0.15) is 0 Å². The minimum absolute atomic E-state index is 0.186. The van der Waals surface area contributed by atoms with Crippen molar-refractivity contribution in [3.63, 3.8) is 0 Å². The molecule has 0 unspecified atom stereocenters. The number of nitrogens with one attached hydrogen (secondary N) is 2. The number of anilines is 1. The number of aromatic amines is 1. The van der Waals surface area contributed by atoms with Crippen molar-refractivity contribution in [2.24, 2.45) is 0 Å². The molecule has 0 radical (unpaired) electrons. The van der Waals surface area contributed by atoms with Crippen molar-refractivity contribution in [3.8, 4) is 11.1 Å². The average molecular weight is 336 g/mol. The highest BCUT2D eigenvalue weighted by Gasteiger charge is 2.15. The minimum Gasteiger partial charge on any atom is -0.408 e. The summed E-state index contributed by atoms with van der Waals surface area (Å²) in [4.78, 5) is 27.0. The van der Waals surface area contributed by atoms with Gasteiger partial charge in [-0.05, 0) is 35.2 Å². The number of carbonyl (C=O) groups is 1. The van der Waals surface area contributed by atoms with Crippen molar-refractivity contribution < 1.29 is 9.21 Å². The zero-order chi connectivity index (χ0) is 16.5. The Labute approximate surface area is 140 Å². The van der Waals surface area contributed by atoms with E-state index in [-0.39, 0.29) is 5.91 Å². The molecule has 0 saturated heterocycles. The standard InChI is InChI=1S/C18H12N2O3S/c21-17(16-13(8-9-24-16)11-4-2-1-3-5-11)19-12-6-7-15-14(10-12)20-18(22)23-15/h1-10H,(H,19,21)(H,20,22). The molecule has 0 spiro atoms. The quantitative estimate of drug-likeness (QED) is 0.591. The van der Waals surface area contributed by atoms with E-state index in [2.05, 4.69) is 10.3 Å². The molecule has 4 rings (SSSR count). The maximum atomic E-state index is 12.6. The third-order valence-corrected chi connectivity index (χ3v) is 4.55. The lowest BCUT2D eigenvalue weighted by Crippen LogP contribution is -2.11. The molecule has 6 heteroatoms. The van der Waals surface area contributed by atoms with Crippen LogP contribution in [0, 0.1) is 0 Å².